The van der Waals surface area contributed by atoms with Crippen molar-refractivity contribution in [2.24, 2.45) is 0 Å². The van der Waals surface area contributed by atoms with E-state index in [4.69, 9.17) is 0 Å². The lowest BCUT2D eigenvalue weighted by Gasteiger charge is -2.09. The number of benzene rings is 1. The van der Waals surface area contributed by atoms with E-state index in [1.54, 1.807) is 11.6 Å². The highest BCUT2D eigenvalue weighted by Crippen LogP contribution is 2.29. The fourth-order valence-electron chi connectivity index (χ4n) is 1.92. The number of carbonyl (C=O) groups is 1. The number of anilines is 1. The summed E-state index contributed by atoms with van der Waals surface area (Å²) in [6.07, 6.45) is -3.00. The summed E-state index contributed by atoms with van der Waals surface area (Å²) in [5.74, 6) is -0.597. The van der Waals surface area contributed by atoms with Crippen molar-refractivity contribution in [3.63, 3.8) is 0 Å². The molecule has 0 saturated heterocycles. The Labute approximate surface area is 119 Å². The molecule has 0 radical (unpaired) electrons. The van der Waals surface area contributed by atoms with Crippen molar-refractivity contribution in [2.75, 3.05) is 5.32 Å². The van der Waals surface area contributed by atoms with Gasteiger partial charge in [0.2, 0.25) is 0 Å². The van der Waals surface area contributed by atoms with Gasteiger partial charge in [-0.2, -0.15) is 18.3 Å². The maximum atomic E-state index is 12.6. The molecule has 2 aromatic rings. The van der Waals surface area contributed by atoms with Crippen molar-refractivity contribution in [3.05, 3.63) is 47.3 Å². The van der Waals surface area contributed by atoms with E-state index >= 15 is 0 Å². The summed E-state index contributed by atoms with van der Waals surface area (Å²) >= 11 is 0. The molecule has 21 heavy (non-hydrogen) atoms. The largest absolute Gasteiger partial charge is 0.416 e. The van der Waals surface area contributed by atoms with E-state index in [1.807, 2.05) is 6.92 Å². The molecule has 0 aliphatic carbocycles. The van der Waals surface area contributed by atoms with Gasteiger partial charge in [0, 0.05) is 12.1 Å². The van der Waals surface area contributed by atoms with Crippen LogP contribution in [-0.2, 0) is 12.7 Å². The Morgan fingerprint density at radius 3 is 2.67 bits per heavy atom. The zero-order chi connectivity index (χ0) is 15.6. The molecule has 1 aromatic heterocycles. The quantitative estimate of drug-likeness (QED) is 0.942. The van der Waals surface area contributed by atoms with Crippen molar-refractivity contribution < 1.29 is 18.0 Å². The topological polar surface area (TPSA) is 46.9 Å². The van der Waals surface area contributed by atoms with E-state index in [0.29, 0.717) is 12.2 Å². The normalized spacial score (nSPS) is 11.5. The summed E-state index contributed by atoms with van der Waals surface area (Å²) in [6.45, 7) is 4.32. The van der Waals surface area contributed by atoms with Gasteiger partial charge in [-0.15, -0.1) is 0 Å². The Morgan fingerprint density at radius 1 is 1.38 bits per heavy atom. The van der Waals surface area contributed by atoms with Gasteiger partial charge in [0.1, 0.15) is 0 Å². The summed E-state index contributed by atoms with van der Waals surface area (Å²) in [6, 6.07) is 4.30. The average Bonchev–Trinajstić information content (AvgIpc) is 2.79. The molecule has 0 bridgehead atoms. The summed E-state index contributed by atoms with van der Waals surface area (Å²) in [4.78, 5) is 12.0. The van der Waals surface area contributed by atoms with Crippen LogP contribution in [0, 0.1) is 6.92 Å². The molecular formula is C14H14F3N3O. The number of alkyl halides is 3. The van der Waals surface area contributed by atoms with Crippen LogP contribution in [0.25, 0.3) is 0 Å². The van der Waals surface area contributed by atoms with E-state index in [9.17, 15) is 18.0 Å². The molecule has 2 rings (SSSR count). The van der Waals surface area contributed by atoms with Crippen molar-refractivity contribution in [3.8, 4) is 0 Å². The Kier molecular flexibility index (Phi) is 4.02. The second kappa shape index (κ2) is 5.59. The van der Waals surface area contributed by atoms with Crippen LogP contribution in [0.15, 0.2) is 30.5 Å². The van der Waals surface area contributed by atoms with Crippen LogP contribution < -0.4 is 5.32 Å². The second-order valence-electron chi connectivity index (χ2n) is 4.49. The number of nitrogens with one attached hydrogen (secondary N) is 1. The van der Waals surface area contributed by atoms with Gasteiger partial charge >= 0.3 is 6.18 Å². The number of nitrogens with zero attached hydrogens (tertiary/aromatic N) is 2. The Hall–Kier alpha value is -2.31. The standard InChI is InChI=1S/C14H14F3N3O/c1-3-20-9(2)12(8-18-20)19-13(21)10-5-4-6-11(7-10)14(15,16)17/h4-8H,3H2,1-2H3,(H,19,21). The molecule has 4 nitrogen and oxygen atoms in total. The lowest BCUT2D eigenvalue weighted by molar-refractivity contribution is -0.137. The minimum Gasteiger partial charge on any atom is -0.319 e. The van der Waals surface area contributed by atoms with Crippen molar-refractivity contribution in [2.45, 2.75) is 26.6 Å². The van der Waals surface area contributed by atoms with Crippen molar-refractivity contribution in [1.29, 1.82) is 0 Å². The van der Waals surface area contributed by atoms with Crippen LogP contribution in [-0.4, -0.2) is 15.7 Å². The third-order valence-corrected chi connectivity index (χ3v) is 3.10. The predicted molar refractivity (Wildman–Crippen MR) is 72.0 cm³/mol. The highest BCUT2D eigenvalue weighted by atomic mass is 19.4. The number of aromatic nitrogens is 2. The molecule has 1 amide bonds. The zero-order valence-corrected chi connectivity index (χ0v) is 11.5. The van der Waals surface area contributed by atoms with E-state index < -0.39 is 17.6 Å². The Balaban J connectivity index is 2.22. The summed E-state index contributed by atoms with van der Waals surface area (Å²) in [5.41, 5.74) is 0.335. The maximum Gasteiger partial charge on any atom is 0.416 e. The number of hydrogen-bond acceptors (Lipinski definition) is 2. The van der Waals surface area contributed by atoms with Crippen LogP contribution in [0.3, 0.4) is 0 Å². The highest BCUT2D eigenvalue weighted by molar-refractivity contribution is 6.04. The van der Waals surface area contributed by atoms with E-state index in [2.05, 4.69) is 10.4 Å². The smallest absolute Gasteiger partial charge is 0.319 e. The summed E-state index contributed by atoms with van der Waals surface area (Å²) < 4.78 is 39.6. The van der Waals surface area contributed by atoms with Gasteiger partial charge in [0.05, 0.1) is 23.1 Å². The summed E-state index contributed by atoms with van der Waals surface area (Å²) in [7, 11) is 0. The fourth-order valence-corrected chi connectivity index (χ4v) is 1.92. The lowest BCUT2D eigenvalue weighted by Crippen LogP contribution is -2.14. The molecule has 0 spiro atoms. The Bertz CT molecular complexity index is 662. The van der Waals surface area contributed by atoms with Gasteiger partial charge in [0.25, 0.3) is 5.91 Å². The molecule has 0 fully saturated rings. The van der Waals surface area contributed by atoms with Gasteiger partial charge in [-0.3, -0.25) is 9.48 Å². The maximum absolute atomic E-state index is 12.6. The van der Waals surface area contributed by atoms with Gasteiger partial charge in [-0.1, -0.05) is 6.07 Å². The first-order valence-electron chi connectivity index (χ1n) is 6.34. The van der Waals surface area contributed by atoms with E-state index in [1.165, 1.54) is 18.3 Å². The third-order valence-electron chi connectivity index (χ3n) is 3.10. The third kappa shape index (κ3) is 3.24. The van der Waals surface area contributed by atoms with Gasteiger partial charge in [0.15, 0.2) is 0 Å². The SMILES string of the molecule is CCn1ncc(NC(=O)c2cccc(C(F)(F)F)c2)c1C. The first kappa shape index (κ1) is 15.1. The molecule has 0 aliphatic heterocycles. The van der Waals surface area contributed by atoms with Crippen LogP contribution in [0.1, 0.15) is 28.5 Å². The van der Waals surface area contributed by atoms with Crippen molar-refractivity contribution in [1.82, 2.24) is 9.78 Å². The summed E-state index contributed by atoms with van der Waals surface area (Å²) in [5, 5.41) is 6.63. The molecule has 112 valence electrons. The molecule has 0 atom stereocenters. The molecule has 0 saturated carbocycles. The van der Waals surface area contributed by atoms with Gasteiger partial charge < -0.3 is 5.32 Å². The molecule has 1 aromatic carbocycles. The second-order valence-corrected chi connectivity index (χ2v) is 4.49. The lowest BCUT2D eigenvalue weighted by atomic mass is 10.1. The first-order valence-corrected chi connectivity index (χ1v) is 6.34. The number of halogens is 3. The molecular weight excluding hydrogens is 283 g/mol. The minimum absolute atomic E-state index is 0.0477. The number of amides is 1. The fraction of sp³-hybridized carbons (Fsp3) is 0.286. The molecule has 7 heteroatoms. The average molecular weight is 297 g/mol. The van der Waals surface area contributed by atoms with Gasteiger partial charge in [-0.05, 0) is 32.0 Å². The number of hydrogen-bond donors (Lipinski definition) is 1. The molecule has 1 heterocycles. The predicted octanol–water partition coefficient (Wildman–Crippen LogP) is 3.48. The van der Waals surface area contributed by atoms with Crippen LogP contribution in [0.5, 0.6) is 0 Å². The van der Waals surface area contributed by atoms with E-state index in [0.717, 1.165) is 17.8 Å². The van der Waals surface area contributed by atoms with Crippen molar-refractivity contribution >= 4 is 11.6 Å². The van der Waals surface area contributed by atoms with Gasteiger partial charge in [-0.25, -0.2) is 0 Å². The first-order chi connectivity index (χ1) is 9.82. The van der Waals surface area contributed by atoms with Crippen LogP contribution >= 0.6 is 0 Å². The van der Waals surface area contributed by atoms with Crippen LogP contribution in [0.4, 0.5) is 18.9 Å². The number of aryl methyl sites for hydroxylation is 1. The highest BCUT2D eigenvalue weighted by Gasteiger charge is 2.30. The molecule has 0 unspecified atom stereocenters. The molecule has 1 N–H and O–H groups in total. The number of rotatable bonds is 3. The number of carbonyl (C=O) groups excluding carboxylic acids is 1. The van der Waals surface area contributed by atoms with E-state index in [-0.39, 0.29) is 5.56 Å². The minimum atomic E-state index is -4.47. The molecule has 0 aliphatic rings. The monoisotopic (exact) mass is 297 g/mol. The zero-order valence-electron chi connectivity index (χ0n) is 11.5. The van der Waals surface area contributed by atoms with Crippen LogP contribution in [0.2, 0.25) is 0 Å². The Morgan fingerprint density at radius 2 is 2.10 bits per heavy atom.